The fraction of sp³-hybridized carbons (Fsp3) is 0.158. The van der Waals surface area contributed by atoms with E-state index in [0.717, 1.165) is 10.0 Å². The maximum atomic E-state index is 12.6. The van der Waals surface area contributed by atoms with Gasteiger partial charge in [-0.2, -0.15) is 8.42 Å². The molecule has 9 heteroatoms. The van der Waals surface area contributed by atoms with Gasteiger partial charge in [0, 0.05) is 16.6 Å². The summed E-state index contributed by atoms with van der Waals surface area (Å²) in [6, 6.07) is 11.3. The second-order valence-electron chi connectivity index (χ2n) is 5.96. The van der Waals surface area contributed by atoms with Gasteiger partial charge in [0.15, 0.2) is 0 Å². The van der Waals surface area contributed by atoms with Gasteiger partial charge in [0.05, 0.1) is 4.91 Å². The first-order valence-corrected chi connectivity index (χ1v) is 11.7. The van der Waals surface area contributed by atoms with Crippen molar-refractivity contribution in [1.29, 1.82) is 0 Å². The summed E-state index contributed by atoms with van der Waals surface area (Å²) in [5.74, 6) is -0.0737. The van der Waals surface area contributed by atoms with Crippen molar-refractivity contribution in [2.24, 2.45) is 0 Å². The maximum Gasteiger partial charge on any atom is 0.339 e. The fourth-order valence-electron chi connectivity index (χ4n) is 2.49. The number of carbonyl (C=O) groups excluding carboxylic acids is 1. The second kappa shape index (κ2) is 8.36. The summed E-state index contributed by atoms with van der Waals surface area (Å²) in [5, 5.41) is 0. The maximum absolute atomic E-state index is 12.6. The minimum Gasteiger partial charge on any atom is -0.378 e. The molecule has 1 heterocycles. The molecule has 3 rings (SSSR count). The minimum absolute atomic E-state index is 0.0595. The van der Waals surface area contributed by atoms with Gasteiger partial charge in [0.2, 0.25) is 0 Å². The SMILES string of the molecule is CCN1C(=O)C(=Cc2cc(Br)ccc2OS(=O)(=O)c2ccc(C)cc2)SC1=S. The largest absolute Gasteiger partial charge is 0.378 e. The topological polar surface area (TPSA) is 63.7 Å². The van der Waals surface area contributed by atoms with Crippen LogP contribution in [0.2, 0.25) is 0 Å². The number of likely N-dealkylation sites (N-methyl/N-ethyl adjacent to an activating group) is 1. The molecule has 0 N–H and O–H groups in total. The molecule has 28 heavy (non-hydrogen) atoms. The summed E-state index contributed by atoms with van der Waals surface area (Å²) in [4.78, 5) is 14.4. The van der Waals surface area contributed by atoms with Crippen LogP contribution in [0.5, 0.6) is 5.75 Å². The Morgan fingerprint density at radius 1 is 1.21 bits per heavy atom. The number of thioether (sulfide) groups is 1. The summed E-state index contributed by atoms with van der Waals surface area (Å²) >= 11 is 9.77. The second-order valence-corrected chi connectivity index (χ2v) is 10.1. The monoisotopic (exact) mass is 497 g/mol. The highest BCUT2D eigenvalue weighted by Crippen LogP contribution is 2.35. The van der Waals surface area contributed by atoms with E-state index in [1.807, 2.05) is 13.8 Å². The average molecular weight is 498 g/mol. The molecule has 0 bridgehead atoms. The molecule has 0 radical (unpaired) electrons. The number of hydrogen-bond donors (Lipinski definition) is 0. The summed E-state index contributed by atoms with van der Waals surface area (Å²) in [6.07, 6.45) is 1.60. The van der Waals surface area contributed by atoms with Crippen LogP contribution in [0.1, 0.15) is 18.1 Å². The molecule has 0 aromatic heterocycles. The van der Waals surface area contributed by atoms with Crippen LogP contribution < -0.4 is 4.18 Å². The molecule has 0 spiro atoms. The third-order valence-electron chi connectivity index (χ3n) is 3.96. The number of carbonyl (C=O) groups is 1. The van der Waals surface area contributed by atoms with Crippen molar-refractivity contribution in [3.05, 3.63) is 63.0 Å². The van der Waals surface area contributed by atoms with Crippen molar-refractivity contribution >= 4 is 66.3 Å². The van der Waals surface area contributed by atoms with Gasteiger partial charge in [0.1, 0.15) is 15.0 Å². The zero-order valence-corrected chi connectivity index (χ0v) is 19.0. The number of thiocarbonyl (C=S) groups is 1. The fourth-order valence-corrected chi connectivity index (χ4v) is 5.20. The van der Waals surface area contributed by atoms with Gasteiger partial charge >= 0.3 is 10.1 Å². The lowest BCUT2D eigenvalue weighted by Gasteiger charge is -2.11. The van der Waals surface area contributed by atoms with E-state index in [1.54, 1.807) is 36.4 Å². The van der Waals surface area contributed by atoms with E-state index in [0.29, 0.717) is 21.3 Å². The molecule has 0 atom stereocenters. The molecule has 1 fully saturated rings. The zero-order chi connectivity index (χ0) is 20.5. The lowest BCUT2D eigenvalue weighted by molar-refractivity contribution is -0.121. The number of amides is 1. The van der Waals surface area contributed by atoms with Crippen LogP contribution in [0.3, 0.4) is 0 Å². The Kier molecular flexibility index (Phi) is 6.28. The third kappa shape index (κ3) is 4.48. The number of rotatable bonds is 5. The predicted molar refractivity (Wildman–Crippen MR) is 119 cm³/mol. The zero-order valence-electron chi connectivity index (χ0n) is 15.0. The number of hydrogen-bond acceptors (Lipinski definition) is 6. The Bertz CT molecular complexity index is 1080. The summed E-state index contributed by atoms with van der Waals surface area (Å²) in [6.45, 7) is 4.19. The highest BCUT2D eigenvalue weighted by Gasteiger charge is 2.31. The van der Waals surface area contributed by atoms with E-state index < -0.39 is 10.1 Å². The van der Waals surface area contributed by atoms with Gasteiger partial charge in [-0.25, -0.2) is 0 Å². The first kappa shape index (κ1) is 21.0. The molecule has 1 amide bonds. The molecule has 2 aromatic rings. The average Bonchev–Trinajstić information content (AvgIpc) is 2.90. The Labute approximate surface area is 182 Å². The molecule has 5 nitrogen and oxygen atoms in total. The number of benzene rings is 2. The van der Waals surface area contributed by atoms with Crippen LogP contribution >= 0.6 is 39.9 Å². The molecule has 0 aliphatic carbocycles. The lowest BCUT2D eigenvalue weighted by atomic mass is 10.2. The molecule has 1 aliphatic heterocycles. The van der Waals surface area contributed by atoms with Crippen LogP contribution in [-0.4, -0.2) is 30.1 Å². The molecule has 146 valence electrons. The van der Waals surface area contributed by atoms with Crippen LogP contribution in [0.25, 0.3) is 6.08 Å². The van der Waals surface area contributed by atoms with Crippen LogP contribution in [0.15, 0.2) is 56.7 Å². The highest BCUT2D eigenvalue weighted by molar-refractivity contribution is 9.10. The van der Waals surface area contributed by atoms with Crippen LogP contribution in [-0.2, 0) is 14.9 Å². The first-order chi connectivity index (χ1) is 13.2. The Morgan fingerprint density at radius 3 is 2.50 bits per heavy atom. The van der Waals surface area contributed by atoms with Gasteiger partial charge in [-0.3, -0.25) is 9.69 Å². The normalized spacial score (nSPS) is 16.1. The van der Waals surface area contributed by atoms with E-state index in [9.17, 15) is 13.2 Å². The molecule has 1 saturated heterocycles. The Balaban J connectivity index is 1.98. The third-order valence-corrected chi connectivity index (χ3v) is 7.08. The Morgan fingerprint density at radius 2 is 1.89 bits per heavy atom. The molecular formula is C19H16BrNO4S3. The van der Waals surface area contributed by atoms with Crippen molar-refractivity contribution in [2.45, 2.75) is 18.7 Å². The number of aryl methyl sites for hydroxylation is 1. The standard InChI is InChI=1S/C19H16BrNO4S3/c1-3-21-18(22)17(27-19(21)26)11-13-10-14(20)6-9-16(13)25-28(23,24)15-7-4-12(2)5-8-15/h4-11H,3H2,1-2H3. The predicted octanol–water partition coefficient (Wildman–Crippen LogP) is 4.75. The van der Waals surface area contributed by atoms with Crippen molar-refractivity contribution < 1.29 is 17.4 Å². The van der Waals surface area contributed by atoms with Gasteiger partial charge in [0.25, 0.3) is 5.91 Å². The molecule has 0 unspecified atom stereocenters. The molecule has 1 aliphatic rings. The van der Waals surface area contributed by atoms with Crippen LogP contribution in [0, 0.1) is 6.92 Å². The first-order valence-electron chi connectivity index (χ1n) is 8.27. The summed E-state index contributed by atoms with van der Waals surface area (Å²) < 4.78 is 31.9. The van der Waals surface area contributed by atoms with E-state index in [-0.39, 0.29) is 16.6 Å². The van der Waals surface area contributed by atoms with Crippen molar-refractivity contribution in [3.8, 4) is 5.75 Å². The summed E-state index contributed by atoms with van der Waals surface area (Å²) in [7, 11) is -4.01. The van der Waals surface area contributed by atoms with Gasteiger partial charge in [-0.1, -0.05) is 57.6 Å². The molecule has 0 saturated carbocycles. The van der Waals surface area contributed by atoms with Gasteiger partial charge in [-0.15, -0.1) is 0 Å². The summed E-state index contributed by atoms with van der Waals surface area (Å²) in [5.41, 5.74) is 1.41. The highest BCUT2D eigenvalue weighted by atomic mass is 79.9. The van der Waals surface area contributed by atoms with Gasteiger partial charge in [-0.05, 0) is 50.3 Å². The lowest BCUT2D eigenvalue weighted by Crippen LogP contribution is -2.27. The van der Waals surface area contributed by atoms with Gasteiger partial charge < -0.3 is 4.18 Å². The van der Waals surface area contributed by atoms with E-state index >= 15 is 0 Å². The van der Waals surface area contributed by atoms with E-state index in [4.69, 9.17) is 16.4 Å². The van der Waals surface area contributed by atoms with Crippen molar-refractivity contribution in [2.75, 3.05) is 6.54 Å². The number of halogens is 1. The van der Waals surface area contributed by atoms with Crippen LogP contribution in [0.4, 0.5) is 0 Å². The van der Waals surface area contributed by atoms with E-state index in [1.165, 1.54) is 28.8 Å². The Hall–Kier alpha value is -1.68. The quantitative estimate of drug-likeness (QED) is 0.337. The molecule has 2 aromatic carbocycles. The number of nitrogens with zero attached hydrogens (tertiary/aromatic N) is 1. The van der Waals surface area contributed by atoms with E-state index in [2.05, 4.69) is 15.9 Å². The van der Waals surface area contributed by atoms with Crippen molar-refractivity contribution in [3.63, 3.8) is 0 Å². The smallest absolute Gasteiger partial charge is 0.339 e. The minimum atomic E-state index is -4.01. The molecular weight excluding hydrogens is 482 g/mol. The van der Waals surface area contributed by atoms with Crippen molar-refractivity contribution in [1.82, 2.24) is 4.90 Å².